The van der Waals surface area contributed by atoms with Gasteiger partial charge in [-0.15, -0.1) is 0 Å². The fraction of sp³-hybridized carbons (Fsp3) is 0.455. The predicted molar refractivity (Wildman–Crippen MR) is 62.1 cm³/mol. The van der Waals surface area contributed by atoms with E-state index in [0.29, 0.717) is 0 Å². The van der Waals surface area contributed by atoms with Gasteiger partial charge in [-0.1, -0.05) is 6.07 Å². The number of nitrogens with one attached hydrogen (secondary N) is 1. The van der Waals surface area contributed by atoms with Crippen LogP contribution in [0.2, 0.25) is 0 Å². The highest BCUT2D eigenvalue weighted by molar-refractivity contribution is 5.96. The third-order valence-corrected chi connectivity index (χ3v) is 2.56. The number of anilines is 1. The molecular weight excluding hydrogens is 363 g/mol. The van der Waals surface area contributed by atoms with Gasteiger partial charge in [0, 0.05) is 5.69 Å². The van der Waals surface area contributed by atoms with Gasteiger partial charge in [0.1, 0.15) is 5.82 Å². The molecule has 0 aliphatic carbocycles. The minimum Gasteiger partial charge on any atom is -0.412 e. The fourth-order valence-corrected chi connectivity index (χ4v) is 1.33. The summed E-state index contributed by atoms with van der Waals surface area (Å²) in [5.41, 5.74) is 0.137. The second-order valence-corrected chi connectivity index (χ2v) is 4.34. The molecule has 1 aromatic heterocycles. The molecular formula is C11H9F9N2O2. The first-order chi connectivity index (χ1) is 10.1. The van der Waals surface area contributed by atoms with E-state index in [1.807, 2.05) is 0 Å². The van der Waals surface area contributed by atoms with Crippen LogP contribution in [0.5, 0.6) is 0 Å². The number of carbonyl (C=O) groups is 1. The molecule has 13 heteroatoms. The highest BCUT2D eigenvalue weighted by atomic mass is 19.4. The van der Waals surface area contributed by atoms with E-state index < -0.39 is 35.7 Å². The van der Waals surface area contributed by atoms with Gasteiger partial charge in [-0.05, 0) is 19.1 Å². The number of pyridine rings is 1. The highest BCUT2D eigenvalue weighted by Gasteiger charge is 2.83. The second kappa shape index (κ2) is 6.45. The van der Waals surface area contributed by atoms with Crippen LogP contribution < -0.4 is 5.32 Å². The van der Waals surface area contributed by atoms with Crippen LogP contribution in [-0.4, -0.2) is 40.3 Å². The van der Waals surface area contributed by atoms with E-state index in [2.05, 4.69) is 4.98 Å². The molecule has 0 atom stereocenters. The molecule has 0 aliphatic rings. The SMILES string of the molecule is Cc1cccc(NC(=O)C(F)(F)C(F)(F)C(F)(F)C(F)(F)F)n1.O. The number of halogens is 9. The Hall–Kier alpha value is -2.05. The van der Waals surface area contributed by atoms with Crippen LogP contribution in [0.15, 0.2) is 18.2 Å². The lowest BCUT2D eigenvalue weighted by Gasteiger charge is -2.32. The molecule has 1 heterocycles. The fourth-order valence-electron chi connectivity index (χ4n) is 1.33. The Morgan fingerprint density at radius 2 is 1.46 bits per heavy atom. The first kappa shape index (κ1) is 21.9. The van der Waals surface area contributed by atoms with Crippen LogP contribution in [0.1, 0.15) is 5.69 Å². The maximum atomic E-state index is 13.2. The molecule has 0 aliphatic heterocycles. The van der Waals surface area contributed by atoms with E-state index in [1.54, 1.807) is 0 Å². The van der Waals surface area contributed by atoms with Crippen molar-refractivity contribution in [2.75, 3.05) is 5.32 Å². The van der Waals surface area contributed by atoms with E-state index in [1.165, 1.54) is 13.0 Å². The molecule has 4 nitrogen and oxygen atoms in total. The first-order valence-corrected chi connectivity index (χ1v) is 5.60. The number of rotatable bonds is 4. The molecule has 0 saturated carbocycles. The van der Waals surface area contributed by atoms with Crippen molar-refractivity contribution in [2.24, 2.45) is 0 Å². The van der Waals surface area contributed by atoms with Crippen molar-refractivity contribution < 1.29 is 49.8 Å². The molecule has 1 amide bonds. The molecule has 0 spiro atoms. The van der Waals surface area contributed by atoms with Crippen molar-refractivity contribution >= 4 is 11.7 Å². The second-order valence-electron chi connectivity index (χ2n) is 4.34. The zero-order chi connectivity index (χ0) is 18.3. The average Bonchev–Trinajstić information content (AvgIpc) is 2.36. The minimum atomic E-state index is -7.12. The molecule has 0 bridgehead atoms. The smallest absolute Gasteiger partial charge is 0.412 e. The van der Waals surface area contributed by atoms with Gasteiger partial charge < -0.3 is 10.8 Å². The van der Waals surface area contributed by atoms with Crippen molar-refractivity contribution in [3.8, 4) is 0 Å². The van der Waals surface area contributed by atoms with E-state index in [0.717, 1.165) is 17.4 Å². The summed E-state index contributed by atoms with van der Waals surface area (Å²) >= 11 is 0. The maximum Gasteiger partial charge on any atom is 0.460 e. The summed E-state index contributed by atoms with van der Waals surface area (Å²) in [5, 5.41) is 1.07. The van der Waals surface area contributed by atoms with E-state index in [-0.39, 0.29) is 11.2 Å². The number of aryl methyl sites for hydroxylation is 1. The highest BCUT2D eigenvalue weighted by Crippen LogP contribution is 2.53. The predicted octanol–water partition coefficient (Wildman–Crippen LogP) is 2.97. The Bertz CT molecular complexity index is 601. The number of hydrogen-bond donors (Lipinski definition) is 1. The van der Waals surface area contributed by atoms with E-state index >= 15 is 0 Å². The molecule has 1 aromatic rings. The summed E-state index contributed by atoms with van der Waals surface area (Å²) in [7, 11) is 0. The number of alkyl halides is 9. The number of carbonyl (C=O) groups excluding carboxylic acids is 1. The lowest BCUT2D eigenvalue weighted by molar-refractivity contribution is -0.388. The van der Waals surface area contributed by atoms with Gasteiger partial charge >= 0.3 is 29.9 Å². The molecule has 0 aromatic carbocycles. The van der Waals surface area contributed by atoms with Crippen molar-refractivity contribution in [1.82, 2.24) is 4.98 Å². The summed E-state index contributed by atoms with van der Waals surface area (Å²) in [6.07, 6.45) is -6.98. The standard InChI is InChI=1S/C11H7F9N2O.H2O/c1-5-3-2-4-6(21-5)22-7(23)8(12,13)9(14,15)10(16,17)11(18,19)20;/h2-4H,1H3,(H,21,22,23);1H2. The third-order valence-electron chi connectivity index (χ3n) is 2.56. The normalized spacial score (nSPS) is 13.2. The zero-order valence-electron chi connectivity index (χ0n) is 11.5. The van der Waals surface area contributed by atoms with E-state index in [4.69, 9.17) is 0 Å². The van der Waals surface area contributed by atoms with Crippen LogP contribution >= 0.6 is 0 Å². The number of amides is 1. The number of hydrogen-bond acceptors (Lipinski definition) is 2. The van der Waals surface area contributed by atoms with Gasteiger partial charge in [0.05, 0.1) is 0 Å². The van der Waals surface area contributed by atoms with Crippen LogP contribution in [0.3, 0.4) is 0 Å². The molecule has 24 heavy (non-hydrogen) atoms. The summed E-state index contributed by atoms with van der Waals surface area (Å²) in [5.74, 6) is -24.3. The maximum absolute atomic E-state index is 13.2. The van der Waals surface area contributed by atoms with Crippen molar-refractivity contribution in [3.05, 3.63) is 23.9 Å². The number of aromatic nitrogens is 1. The Morgan fingerprint density at radius 3 is 1.88 bits per heavy atom. The zero-order valence-corrected chi connectivity index (χ0v) is 11.5. The van der Waals surface area contributed by atoms with Crippen LogP contribution in [0, 0.1) is 6.92 Å². The molecule has 0 fully saturated rings. The van der Waals surface area contributed by atoms with Gasteiger partial charge in [-0.3, -0.25) is 4.79 Å². The van der Waals surface area contributed by atoms with Gasteiger partial charge in [0.15, 0.2) is 0 Å². The molecule has 1 rings (SSSR count). The molecule has 3 N–H and O–H groups in total. The van der Waals surface area contributed by atoms with Gasteiger partial charge in [-0.25, -0.2) is 4.98 Å². The van der Waals surface area contributed by atoms with E-state index in [9.17, 15) is 44.3 Å². The van der Waals surface area contributed by atoms with Crippen molar-refractivity contribution in [3.63, 3.8) is 0 Å². The van der Waals surface area contributed by atoms with Crippen LogP contribution in [0.4, 0.5) is 45.3 Å². The summed E-state index contributed by atoms with van der Waals surface area (Å²) in [6, 6.07) is 3.32. The molecule has 0 radical (unpaired) electrons. The lowest BCUT2D eigenvalue weighted by Crippen LogP contribution is -2.64. The Morgan fingerprint density at radius 1 is 0.958 bits per heavy atom. The Labute approximate surface area is 128 Å². The van der Waals surface area contributed by atoms with Crippen LogP contribution in [-0.2, 0) is 4.79 Å². The topological polar surface area (TPSA) is 73.5 Å². The minimum absolute atomic E-state index is 0. The van der Waals surface area contributed by atoms with Gasteiger partial charge in [0.2, 0.25) is 0 Å². The Balaban J connectivity index is 0.00000529. The van der Waals surface area contributed by atoms with Gasteiger partial charge in [-0.2, -0.15) is 39.5 Å². The summed E-state index contributed by atoms with van der Waals surface area (Å²) < 4.78 is 113. The van der Waals surface area contributed by atoms with Gasteiger partial charge in [0.25, 0.3) is 0 Å². The monoisotopic (exact) mass is 372 g/mol. The quantitative estimate of drug-likeness (QED) is 0.826. The summed E-state index contributed by atoms with van der Waals surface area (Å²) in [4.78, 5) is 14.5. The van der Waals surface area contributed by atoms with Crippen molar-refractivity contribution in [2.45, 2.75) is 30.9 Å². The largest absolute Gasteiger partial charge is 0.460 e. The first-order valence-electron chi connectivity index (χ1n) is 5.60. The van der Waals surface area contributed by atoms with Crippen LogP contribution in [0.25, 0.3) is 0 Å². The molecule has 0 unspecified atom stereocenters. The molecule has 138 valence electrons. The average molecular weight is 372 g/mol. The summed E-state index contributed by atoms with van der Waals surface area (Å²) in [6.45, 7) is 1.32. The lowest BCUT2D eigenvalue weighted by atomic mass is 10.0. The third kappa shape index (κ3) is 3.55. The number of nitrogens with zero attached hydrogens (tertiary/aromatic N) is 1. The molecule has 0 saturated heterocycles. The Kier molecular flexibility index (Phi) is 5.90. The van der Waals surface area contributed by atoms with Crippen molar-refractivity contribution in [1.29, 1.82) is 0 Å².